The molecule has 1 unspecified atom stereocenters. The number of anilines is 1. The van der Waals surface area contributed by atoms with E-state index in [0.717, 1.165) is 50.4 Å². The summed E-state index contributed by atoms with van der Waals surface area (Å²) >= 11 is 0. The van der Waals surface area contributed by atoms with Gasteiger partial charge in [0.2, 0.25) is 5.91 Å². The van der Waals surface area contributed by atoms with Crippen molar-refractivity contribution in [3.05, 3.63) is 30.7 Å². The Morgan fingerprint density at radius 2 is 2.32 bits per heavy atom. The van der Waals surface area contributed by atoms with Crippen LogP contribution in [0.1, 0.15) is 31.0 Å². The van der Waals surface area contributed by atoms with Crippen molar-refractivity contribution in [1.29, 1.82) is 0 Å². The smallest absolute Gasteiger partial charge is 0.227 e. The van der Waals surface area contributed by atoms with Crippen LogP contribution in [-0.4, -0.2) is 45.2 Å². The highest BCUT2D eigenvalue weighted by Gasteiger charge is 2.27. The summed E-state index contributed by atoms with van der Waals surface area (Å²) in [5.74, 6) is 0.207. The van der Waals surface area contributed by atoms with Crippen molar-refractivity contribution in [3.63, 3.8) is 0 Å². The molecule has 2 aromatic heterocycles. The number of hydrogen-bond acceptors (Lipinski definition) is 5. The minimum atomic E-state index is 0.207. The number of hydrogen-bond donors (Lipinski definition) is 0. The fourth-order valence-corrected chi connectivity index (χ4v) is 3.30. The van der Waals surface area contributed by atoms with Gasteiger partial charge in [0, 0.05) is 38.8 Å². The van der Waals surface area contributed by atoms with E-state index in [2.05, 4.69) is 15.0 Å². The lowest BCUT2D eigenvalue weighted by atomic mass is 10.3. The fourth-order valence-electron chi connectivity index (χ4n) is 3.30. The molecule has 4 heterocycles. The van der Waals surface area contributed by atoms with Crippen LogP contribution in [0.3, 0.4) is 0 Å². The molecule has 0 N–H and O–H groups in total. The molecule has 2 fully saturated rings. The molecule has 7 nitrogen and oxygen atoms in total. The van der Waals surface area contributed by atoms with E-state index in [0.29, 0.717) is 12.5 Å². The summed E-state index contributed by atoms with van der Waals surface area (Å²) in [6.45, 7) is 3.59. The van der Waals surface area contributed by atoms with Crippen LogP contribution in [0.15, 0.2) is 29.5 Å². The minimum absolute atomic E-state index is 0.207. The number of amides is 1. The highest BCUT2D eigenvalue weighted by molar-refractivity contribution is 5.95. The van der Waals surface area contributed by atoms with Crippen LogP contribution in [0, 0.1) is 0 Å². The van der Waals surface area contributed by atoms with Gasteiger partial charge in [-0.25, -0.2) is 4.98 Å². The molecule has 116 valence electrons. The highest BCUT2D eigenvalue weighted by Crippen LogP contribution is 2.26. The van der Waals surface area contributed by atoms with Crippen LogP contribution in [-0.2, 0) is 11.3 Å². The molecule has 0 aromatic carbocycles. The van der Waals surface area contributed by atoms with Crippen molar-refractivity contribution in [3.8, 4) is 0 Å². The van der Waals surface area contributed by atoms with E-state index in [1.54, 1.807) is 6.26 Å². The van der Waals surface area contributed by atoms with Gasteiger partial charge in [-0.1, -0.05) is 0 Å². The predicted molar refractivity (Wildman–Crippen MR) is 79.2 cm³/mol. The second-order valence-corrected chi connectivity index (χ2v) is 5.98. The highest BCUT2D eigenvalue weighted by atomic mass is 16.3. The van der Waals surface area contributed by atoms with Gasteiger partial charge in [0.05, 0.1) is 23.6 Å². The Morgan fingerprint density at radius 1 is 1.36 bits per heavy atom. The standard InChI is InChI=1S/C15H19N5O2/c21-15-2-1-4-19(15)14-6-17-20(9-14)13-3-5-18(8-13)7-12-10-22-11-16-12/h6,9-11,13H,1-5,7-8H2. The van der Waals surface area contributed by atoms with Crippen LogP contribution >= 0.6 is 0 Å². The third kappa shape index (κ3) is 2.52. The van der Waals surface area contributed by atoms with E-state index < -0.39 is 0 Å². The molecule has 22 heavy (non-hydrogen) atoms. The molecule has 2 aliphatic heterocycles. The monoisotopic (exact) mass is 301 g/mol. The van der Waals surface area contributed by atoms with Gasteiger partial charge in [-0.15, -0.1) is 0 Å². The fraction of sp³-hybridized carbons (Fsp3) is 0.533. The molecule has 7 heteroatoms. The lowest BCUT2D eigenvalue weighted by Gasteiger charge is -2.15. The Balaban J connectivity index is 1.41. The van der Waals surface area contributed by atoms with Gasteiger partial charge in [0.25, 0.3) is 0 Å². The quantitative estimate of drug-likeness (QED) is 0.855. The summed E-state index contributed by atoms with van der Waals surface area (Å²) in [5, 5.41) is 4.47. The number of carbonyl (C=O) groups is 1. The van der Waals surface area contributed by atoms with Crippen molar-refractivity contribution < 1.29 is 9.21 Å². The summed E-state index contributed by atoms with van der Waals surface area (Å²) in [4.78, 5) is 20.2. The number of nitrogens with zero attached hydrogens (tertiary/aromatic N) is 5. The molecule has 4 rings (SSSR count). The second-order valence-electron chi connectivity index (χ2n) is 5.98. The number of oxazole rings is 1. The van der Waals surface area contributed by atoms with Gasteiger partial charge in [0.1, 0.15) is 6.26 Å². The van der Waals surface area contributed by atoms with Crippen molar-refractivity contribution >= 4 is 11.6 Å². The predicted octanol–water partition coefficient (Wildman–Crippen LogP) is 1.44. The lowest BCUT2D eigenvalue weighted by molar-refractivity contribution is -0.117. The van der Waals surface area contributed by atoms with Gasteiger partial charge in [-0.05, 0) is 12.8 Å². The zero-order chi connectivity index (χ0) is 14.9. The van der Waals surface area contributed by atoms with Crippen molar-refractivity contribution in [2.45, 2.75) is 31.8 Å². The summed E-state index contributed by atoms with van der Waals surface area (Å²) < 4.78 is 7.02. The SMILES string of the molecule is O=C1CCCN1c1cnn(C2CCN(Cc3cocn3)C2)c1. The maximum Gasteiger partial charge on any atom is 0.227 e. The first-order valence-electron chi connectivity index (χ1n) is 7.73. The van der Waals surface area contributed by atoms with Crippen molar-refractivity contribution in [2.24, 2.45) is 0 Å². The van der Waals surface area contributed by atoms with Gasteiger partial charge < -0.3 is 9.32 Å². The molecule has 0 radical (unpaired) electrons. The van der Waals surface area contributed by atoms with Gasteiger partial charge in [-0.3, -0.25) is 14.4 Å². The molecule has 2 aromatic rings. The summed E-state index contributed by atoms with van der Waals surface area (Å²) in [7, 11) is 0. The second kappa shape index (κ2) is 5.57. The number of likely N-dealkylation sites (tertiary alicyclic amines) is 1. The van der Waals surface area contributed by atoms with E-state index in [4.69, 9.17) is 4.42 Å². The number of carbonyl (C=O) groups excluding carboxylic acids is 1. The largest absolute Gasteiger partial charge is 0.451 e. The lowest BCUT2D eigenvalue weighted by Crippen LogP contribution is -2.23. The first kappa shape index (κ1) is 13.5. The Bertz CT molecular complexity index is 651. The van der Waals surface area contributed by atoms with E-state index in [1.165, 1.54) is 6.39 Å². The molecule has 1 amide bonds. The van der Waals surface area contributed by atoms with E-state index >= 15 is 0 Å². The first-order valence-corrected chi connectivity index (χ1v) is 7.73. The molecule has 0 aliphatic carbocycles. The molecule has 0 spiro atoms. The summed E-state index contributed by atoms with van der Waals surface area (Å²) in [6, 6.07) is 0.360. The van der Waals surface area contributed by atoms with Crippen molar-refractivity contribution in [2.75, 3.05) is 24.5 Å². The van der Waals surface area contributed by atoms with Crippen LogP contribution in [0.4, 0.5) is 5.69 Å². The van der Waals surface area contributed by atoms with Crippen LogP contribution in [0.2, 0.25) is 0 Å². The average molecular weight is 301 g/mol. The Kier molecular flexibility index (Phi) is 3.42. The average Bonchev–Trinajstić information content (AvgIpc) is 3.25. The summed E-state index contributed by atoms with van der Waals surface area (Å²) in [6.07, 6.45) is 9.64. The Labute approximate surface area is 128 Å². The van der Waals surface area contributed by atoms with E-state index in [1.807, 2.05) is 22.0 Å². The molecule has 0 bridgehead atoms. The Morgan fingerprint density at radius 3 is 3.09 bits per heavy atom. The van der Waals surface area contributed by atoms with Gasteiger partial charge in [0.15, 0.2) is 6.39 Å². The maximum atomic E-state index is 11.8. The maximum absolute atomic E-state index is 11.8. The van der Waals surface area contributed by atoms with Crippen LogP contribution in [0.5, 0.6) is 0 Å². The van der Waals surface area contributed by atoms with Crippen molar-refractivity contribution in [1.82, 2.24) is 19.7 Å². The van der Waals surface area contributed by atoms with Gasteiger partial charge >= 0.3 is 0 Å². The first-order chi connectivity index (χ1) is 10.8. The summed E-state index contributed by atoms with van der Waals surface area (Å²) in [5.41, 5.74) is 1.89. The zero-order valence-corrected chi connectivity index (χ0v) is 12.4. The molecular formula is C15H19N5O2. The van der Waals surface area contributed by atoms with E-state index in [9.17, 15) is 4.79 Å². The minimum Gasteiger partial charge on any atom is -0.451 e. The molecule has 1 atom stereocenters. The van der Waals surface area contributed by atoms with Gasteiger partial charge in [-0.2, -0.15) is 5.10 Å². The molecule has 0 saturated carbocycles. The number of aromatic nitrogens is 3. The Hall–Kier alpha value is -2.15. The van der Waals surface area contributed by atoms with Crippen LogP contribution < -0.4 is 4.90 Å². The third-order valence-electron chi connectivity index (χ3n) is 4.46. The molecule has 2 aliphatic rings. The van der Waals surface area contributed by atoms with E-state index in [-0.39, 0.29) is 5.91 Å². The van der Waals surface area contributed by atoms with Crippen LogP contribution in [0.25, 0.3) is 0 Å². The zero-order valence-electron chi connectivity index (χ0n) is 12.4. The third-order valence-corrected chi connectivity index (χ3v) is 4.46. The topological polar surface area (TPSA) is 67.4 Å². The number of rotatable bonds is 4. The molecule has 2 saturated heterocycles. The molecular weight excluding hydrogens is 282 g/mol. The normalized spacial score (nSPS) is 22.8.